The van der Waals surface area contributed by atoms with Crippen molar-refractivity contribution in [1.82, 2.24) is 10.3 Å². The summed E-state index contributed by atoms with van der Waals surface area (Å²) >= 11 is 0. The molecule has 0 radical (unpaired) electrons. The number of aromatic nitrogens is 1. The molecule has 3 heterocycles. The molecular weight excluding hydrogens is 404 g/mol. The average molecular weight is 433 g/mol. The van der Waals surface area contributed by atoms with Crippen LogP contribution in [0, 0.1) is 6.92 Å². The van der Waals surface area contributed by atoms with Gasteiger partial charge in [0.15, 0.2) is 0 Å². The van der Waals surface area contributed by atoms with Crippen LogP contribution in [0.4, 0.5) is 0 Å². The summed E-state index contributed by atoms with van der Waals surface area (Å²) in [5, 5.41) is 3.74. The molecule has 3 aromatic rings. The zero-order valence-electron chi connectivity index (χ0n) is 18.4. The first-order valence-electron chi connectivity index (χ1n) is 11.5. The van der Waals surface area contributed by atoms with Crippen LogP contribution in [0.25, 0.3) is 11.0 Å². The van der Waals surface area contributed by atoms with Gasteiger partial charge >= 0.3 is 5.63 Å². The van der Waals surface area contributed by atoms with Gasteiger partial charge in [-0.05, 0) is 80.3 Å². The number of benzene rings is 1. The minimum atomic E-state index is -0.461. The molecule has 2 aromatic heterocycles. The molecule has 6 nitrogen and oxygen atoms in total. The monoisotopic (exact) mass is 432 g/mol. The van der Waals surface area contributed by atoms with Crippen molar-refractivity contribution in [3.05, 3.63) is 69.3 Å². The van der Waals surface area contributed by atoms with Crippen molar-refractivity contribution >= 4 is 16.9 Å². The third-order valence-electron chi connectivity index (χ3n) is 6.99. The number of nitrogens with one attached hydrogen (secondary N) is 1. The van der Waals surface area contributed by atoms with E-state index in [1.54, 1.807) is 12.4 Å². The lowest BCUT2D eigenvalue weighted by Crippen LogP contribution is -2.41. The highest BCUT2D eigenvalue weighted by molar-refractivity contribution is 5.86. The van der Waals surface area contributed by atoms with Gasteiger partial charge in [0.25, 0.3) is 0 Å². The molecule has 0 unspecified atom stereocenters. The second-order valence-electron chi connectivity index (χ2n) is 9.10. The third-order valence-corrected chi connectivity index (χ3v) is 6.99. The van der Waals surface area contributed by atoms with Gasteiger partial charge < -0.3 is 14.5 Å². The van der Waals surface area contributed by atoms with Crippen molar-refractivity contribution < 1.29 is 13.9 Å². The number of pyridine rings is 1. The van der Waals surface area contributed by atoms with Gasteiger partial charge in [-0.25, -0.2) is 4.79 Å². The molecule has 2 aliphatic rings. The van der Waals surface area contributed by atoms with Crippen molar-refractivity contribution in [2.24, 2.45) is 0 Å². The smallest absolute Gasteiger partial charge is 0.340 e. The topological polar surface area (TPSA) is 81.4 Å². The van der Waals surface area contributed by atoms with Crippen LogP contribution in [0.1, 0.15) is 60.8 Å². The first kappa shape index (κ1) is 20.7. The molecule has 1 N–H and O–H groups in total. The number of amides is 1. The Bertz CT molecular complexity index is 1210. The molecule has 32 heavy (non-hydrogen) atoms. The molecule has 0 saturated heterocycles. The molecule has 1 aromatic carbocycles. The van der Waals surface area contributed by atoms with E-state index in [1.807, 2.05) is 25.1 Å². The summed E-state index contributed by atoms with van der Waals surface area (Å²) in [7, 11) is 0. The van der Waals surface area contributed by atoms with Gasteiger partial charge in [-0.1, -0.05) is 6.42 Å². The molecule has 1 spiro atoms. The molecule has 5 rings (SSSR count). The Kier molecular flexibility index (Phi) is 5.45. The van der Waals surface area contributed by atoms with Crippen molar-refractivity contribution in [1.29, 1.82) is 0 Å². The van der Waals surface area contributed by atoms with Gasteiger partial charge in [-0.2, -0.15) is 0 Å². The predicted octanol–water partition coefficient (Wildman–Crippen LogP) is 4.38. The number of hydrogen-bond acceptors (Lipinski definition) is 5. The Balaban J connectivity index is 1.39. The van der Waals surface area contributed by atoms with E-state index < -0.39 is 5.63 Å². The van der Waals surface area contributed by atoms with Crippen LogP contribution in [0.5, 0.6) is 5.75 Å². The lowest BCUT2D eigenvalue weighted by molar-refractivity contribution is -0.120. The molecule has 0 bridgehead atoms. The highest BCUT2D eigenvalue weighted by atomic mass is 16.5. The van der Waals surface area contributed by atoms with Crippen molar-refractivity contribution in [3.63, 3.8) is 0 Å². The van der Waals surface area contributed by atoms with E-state index in [4.69, 9.17) is 9.15 Å². The summed E-state index contributed by atoms with van der Waals surface area (Å²) in [6.07, 6.45) is 11.3. The fourth-order valence-electron chi connectivity index (χ4n) is 5.08. The molecule has 1 aliphatic heterocycles. The largest absolute Gasteiger partial charge is 0.487 e. The van der Waals surface area contributed by atoms with Crippen LogP contribution in [-0.4, -0.2) is 16.5 Å². The highest BCUT2D eigenvalue weighted by Gasteiger charge is 2.37. The summed E-state index contributed by atoms with van der Waals surface area (Å²) < 4.78 is 12.1. The number of fused-ring (bicyclic) bond motifs is 2. The second-order valence-corrected chi connectivity index (χ2v) is 9.10. The standard InChI is InChI=1S/C26H28N2O4/c1-17-20-13-19-5-10-26(8-3-2-4-9-26)32-22(19)15-23(20)31-25(30)21(17)14-24(29)28-16-18-6-11-27-12-7-18/h6-7,11-13,15H,2-5,8-10,14,16H2,1H3,(H,28,29). The quantitative estimate of drug-likeness (QED) is 0.619. The minimum absolute atomic E-state index is 0.00805. The number of rotatable bonds is 4. The lowest BCUT2D eigenvalue weighted by atomic mass is 9.79. The molecule has 1 aliphatic carbocycles. The first-order chi connectivity index (χ1) is 15.5. The minimum Gasteiger partial charge on any atom is -0.487 e. The number of nitrogens with zero attached hydrogens (tertiary/aromatic N) is 1. The number of carbonyl (C=O) groups excluding carboxylic acids is 1. The molecule has 6 heteroatoms. The number of ether oxygens (including phenoxy) is 1. The Hall–Kier alpha value is -3.15. The maximum absolute atomic E-state index is 12.7. The van der Waals surface area contributed by atoms with Gasteiger partial charge in [-0.15, -0.1) is 0 Å². The molecule has 1 amide bonds. The maximum Gasteiger partial charge on any atom is 0.340 e. The second kappa shape index (κ2) is 8.41. The van der Waals surface area contributed by atoms with Gasteiger partial charge in [0.05, 0.1) is 12.0 Å². The highest BCUT2D eigenvalue weighted by Crippen LogP contribution is 2.43. The fourth-order valence-corrected chi connectivity index (χ4v) is 5.08. The lowest BCUT2D eigenvalue weighted by Gasteiger charge is -2.41. The van der Waals surface area contributed by atoms with Crippen LogP contribution < -0.4 is 15.7 Å². The summed E-state index contributed by atoms with van der Waals surface area (Å²) in [6, 6.07) is 7.65. The van der Waals surface area contributed by atoms with Gasteiger partial charge in [-0.3, -0.25) is 9.78 Å². The third kappa shape index (κ3) is 4.01. The first-order valence-corrected chi connectivity index (χ1v) is 11.5. The van der Waals surface area contributed by atoms with Crippen LogP contribution in [0.15, 0.2) is 45.9 Å². The summed E-state index contributed by atoms with van der Waals surface area (Å²) in [5.74, 6) is 0.633. The van der Waals surface area contributed by atoms with Crippen LogP contribution in [0.3, 0.4) is 0 Å². The van der Waals surface area contributed by atoms with E-state index in [0.717, 1.165) is 53.5 Å². The summed E-state index contributed by atoms with van der Waals surface area (Å²) in [4.78, 5) is 29.2. The van der Waals surface area contributed by atoms with Crippen LogP contribution in [0.2, 0.25) is 0 Å². The van der Waals surface area contributed by atoms with E-state index in [1.165, 1.54) is 19.3 Å². The Morgan fingerprint density at radius 2 is 1.91 bits per heavy atom. The van der Waals surface area contributed by atoms with E-state index >= 15 is 0 Å². The number of carbonyl (C=O) groups is 1. The Morgan fingerprint density at radius 1 is 1.12 bits per heavy atom. The Morgan fingerprint density at radius 3 is 2.69 bits per heavy atom. The zero-order chi connectivity index (χ0) is 22.1. The number of aryl methyl sites for hydroxylation is 2. The SMILES string of the molecule is Cc1c(CC(=O)NCc2ccncc2)c(=O)oc2cc3c(cc12)CCC1(CCCCC1)O3. The van der Waals surface area contributed by atoms with E-state index in [9.17, 15) is 9.59 Å². The van der Waals surface area contributed by atoms with Crippen LogP contribution in [-0.2, 0) is 24.2 Å². The predicted molar refractivity (Wildman–Crippen MR) is 122 cm³/mol. The summed E-state index contributed by atoms with van der Waals surface area (Å²) in [5.41, 5.74) is 3.33. The molecule has 1 saturated carbocycles. The fraction of sp³-hybridized carbons (Fsp3) is 0.423. The van der Waals surface area contributed by atoms with Gasteiger partial charge in [0.2, 0.25) is 5.91 Å². The molecule has 1 fully saturated rings. The van der Waals surface area contributed by atoms with Crippen LogP contribution >= 0.6 is 0 Å². The maximum atomic E-state index is 12.7. The number of hydrogen-bond donors (Lipinski definition) is 1. The normalized spacial score (nSPS) is 17.0. The zero-order valence-corrected chi connectivity index (χ0v) is 18.4. The van der Waals surface area contributed by atoms with E-state index in [-0.39, 0.29) is 17.9 Å². The molecule has 0 atom stereocenters. The van der Waals surface area contributed by atoms with E-state index in [2.05, 4.69) is 16.4 Å². The Labute approximate surface area is 187 Å². The molecule has 166 valence electrons. The van der Waals surface area contributed by atoms with Gasteiger partial charge in [0.1, 0.15) is 16.9 Å². The van der Waals surface area contributed by atoms with Crippen molar-refractivity contribution in [2.75, 3.05) is 0 Å². The van der Waals surface area contributed by atoms with Gasteiger partial charge in [0, 0.05) is 30.4 Å². The van der Waals surface area contributed by atoms with E-state index in [0.29, 0.717) is 17.7 Å². The van der Waals surface area contributed by atoms with Crippen molar-refractivity contribution in [2.45, 2.75) is 70.4 Å². The average Bonchev–Trinajstić information content (AvgIpc) is 2.81. The van der Waals surface area contributed by atoms with Crippen molar-refractivity contribution in [3.8, 4) is 5.75 Å². The molecular formula is C26H28N2O4. The summed E-state index contributed by atoms with van der Waals surface area (Å²) in [6.45, 7) is 2.29.